The molecule has 2 fully saturated rings. The Hall–Kier alpha value is -2.45. The third-order valence-corrected chi connectivity index (χ3v) is 5.03. The normalized spacial score (nSPS) is 18.2. The van der Waals surface area contributed by atoms with Gasteiger partial charge in [0.05, 0.1) is 11.6 Å². The van der Waals surface area contributed by atoms with Crippen LogP contribution in [-0.4, -0.2) is 41.0 Å². The van der Waals surface area contributed by atoms with Gasteiger partial charge in [-0.15, -0.1) is 0 Å². The summed E-state index contributed by atoms with van der Waals surface area (Å²) in [5.41, 5.74) is 3.21. The van der Waals surface area contributed by atoms with E-state index >= 15 is 0 Å². The molecule has 1 aromatic carbocycles. The van der Waals surface area contributed by atoms with Crippen molar-refractivity contribution in [2.45, 2.75) is 32.2 Å². The monoisotopic (exact) mass is 333 g/mol. The third-order valence-electron chi connectivity index (χ3n) is 5.03. The van der Waals surface area contributed by atoms with E-state index in [2.05, 4.69) is 44.0 Å². The van der Waals surface area contributed by atoms with Crippen LogP contribution < -0.4 is 4.90 Å². The average Bonchev–Trinajstić information content (AvgIpc) is 3.48. The molecule has 0 N–H and O–H groups in total. The van der Waals surface area contributed by atoms with Gasteiger partial charge in [0.25, 0.3) is 0 Å². The van der Waals surface area contributed by atoms with E-state index in [0.717, 1.165) is 49.9 Å². The first-order chi connectivity index (χ1) is 12.2. The summed E-state index contributed by atoms with van der Waals surface area (Å²) in [4.78, 5) is 14.1. The maximum absolute atomic E-state index is 8.89. The van der Waals surface area contributed by atoms with E-state index in [-0.39, 0.29) is 0 Å². The van der Waals surface area contributed by atoms with Crippen molar-refractivity contribution < 1.29 is 0 Å². The van der Waals surface area contributed by atoms with Gasteiger partial charge in [0, 0.05) is 50.4 Å². The smallest absolute Gasteiger partial charge is 0.132 e. The molecule has 1 saturated carbocycles. The number of nitriles is 1. The highest BCUT2D eigenvalue weighted by atomic mass is 15.3. The molecule has 1 saturated heterocycles. The summed E-state index contributed by atoms with van der Waals surface area (Å²) >= 11 is 0. The third kappa shape index (κ3) is 3.80. The summed E-state index contributed by atoms with van der Waals surface area (Å²) < 4.78 is 0. The molecule has 1 aliphatic heterocycles. The molecule has 0 radical (unpaired) electrons. The summed E-state index contributed by atoms with van der Waals surface area (Å²) in [5, 5.41) is 8.89. The minimum Gasteiger partial charge on any atom is -0.354 e. The zero-order chi connectivity index (χ0) is 17.2. The largest absolute Gasteiger partial charge is 0.354 e. The van der Waals surface area contributed by atoms with Crippen LogP contribution in [0.25, 0.3) is 0 Å². The lowest BCUT2D eigenvalue weighted by molar-refractivity contribution is 0.249. The fourth-order valence-electron chi connectivity index (χ4n) is 3.40. The molecule has 25 heavy (non-hydrogen) atoms. The first kappa shape index (κ1) is 16.0. The van der Waals surface area contributed by atoms with E-state index in [9.17, 15) is 0 Å². The molecule has 0 unspecified atom stereocenters. The van der Waals surface area contributed by atoms with Crippen molar-refractivity contribution in [3.8, 4) is 6.07 Å². The van der Waals surface area contributed by atoms with Crippen LogP contribution in [0.4, 0.5) is 5.82 Å². The summed E-state index contributed by atoms with van der Waals surface area (Å²) in [6, 6.07) is 12.3. The molecule has 2 aromatic rings. The molecule has 1 aromatic heterocycles. The lowest BCUT2D eigenvalue weighted by atomic mass is 10.1. The van der Waals surface area contributed by atoms with Gasteiger partial charge in [-0.1, -0.05) is 12.1 Å². The van der Waals surface area contributed by atoms with Crippen molar-refractivity contribution in [2.24, 2.45) is 0 Å². The van der Waals surface area contributed by atoms with Gasteiger partial charge >= 0.3 is 0 Å². The minimum atomic E-state index is 0.665. The Morgan fingerprint density at radius 3 is 2.44 bits per heavy atom. The highest BCUT2D eigenvalue weighted by molar-refractivity contribution is 5.42. The molecule has 0 spiro atoms. The van der Waals surface area contributed by atoms with Gasteiger partial charge in [-0.25, -0.2) is 9.97 Å². The molecule has 1 aliphatic carbocycles. The van der Waals surface area contributed by atoms with Crippen LogP contribution in [0.3, 0.4) is 0 Å². The van der Waals surface area contributed by atoms with Gasteiger partial charge in [-0.05, 0) is 37.5 Å². The van der Waals surface area contributed by atoms with Crippen LogP contribution in [0.2, 0.25) is 0 Å². The van der Waals surface area contributed by atoms with Crippen molar-refractivity contribution in [3.05, 3.63) is 53.0 Å². The van der Waals surface area contributed by atoms with Crippen LogP contribution >= 0.6 is 0 Å². The molecule has 2 aliphatic rings. The van der Waals surface area contributed by atoms with Crippen LogP contribution in [0.1, 0.15) is 41.4 Å². The molecular formula is C20H23N5. The molecular weight excluding hydrogens is 310 g/mol. The van der Waals surface area contributed by atoms with Crippen molar-refractivity contribution in [2.75, 3.05) is 31.1 Å². The summed E-state index contributed by atoms with van der Waals surface area (Å²) in [6.07, 6.45) is 2.54. The minimum absolute atomic E-state index is 0.665. The molecule has 0 atom stereocenters. The van der Waals surface area contributed by atoms with Gasteiger partial charge in [0.1, 0.15) is 11.6 Å². The Labute approximate surface area is 148 Å². The van der Waals surface area contributed by atoms with Gasteiger partial charge in [-0.2, -0.15) is 5.26 Å². The van der Waals surface area contributed by atoms with Crippen molar-refractivity contribution in [3.63, 3.8) is 0 Å². The summed E-state index contributed by atoms with van der Waals surface area (Å²) in [7, 11) is 0. The lowest BCUT2D eigenvalue weighted by Crippen LogP contribution is -2.46. The molecule has 4 rings (SSSR count). The van der Waals surface area contributed by atoms with Crippen LogP contribution in [-0.2, 0) is 6.54 Å². The Kier molecular flexibility index (Phi) is 4.37. The topological polar surface area (TPSA) is 56.1 Å². The molecule has 128 valence electrons. The number of hydrogen-bond acceptors (Lipinski definition) is 5. The molecule has 5 heteroatoms. The van der Waals surface area contributed by atoms with E-state index in [4.69, 9.17) is 5.26 Å². The number of benzene rings is 1. The molecule has 0 amide bonds. The summed E-state index contributed by atoms with van der Waals surface area (Å²) in [5.74, 6) is 2.64. The predicted octanol–water partition coefficient (Wildman–Crippen LogP) is 2.86. The first-order valence-electron chi connectivity index (χ1n) is 9.03. The maximum Gasteiger partial charge on any atom is 0.132 e. The van der Waals surface area contributed by atoms with Gasteiger partial charge in [0.2, 0.25) is 0 Å². The van der Waals surface area contributed by atoms with E-state index in [1.54, 1.807) is 0 Å². The molecule has 5 nitrogen and oxygen atoms in total. The van der Waals surface area contributed by atoms with Crippen LogP contribution in [0, 0.1) is 18.3 Å². The number of hydrogen-bond donors (Lipinski definition) is 0. The first-order valence-corrected chi connectivity index (χ1v) is 9.03. The predicted molar refractivity (Wildman–Crippen MR) is 97.4 cm³/mol. The summed E-state index contributed by atoms with van der Waals surface area (Å²) in [6.45, 7) is 6.99. The maximum atomic E-state index is 8.89. The number of aromatic nitrogens is 2. The number of anilines is 1. The standard InChI is InChI=1S/C20H23N5/c1-15-22-19(18-6-7-18)12-20(23-15)25-10-8-24(9-11-25)14-17-4-2-16(13-21)3-5-17/h2-5,12,18H,6-11,14H2,1H3. The number of piperazine rings is 1. The van der Waals surface area contributed by atoms with E-state index in [1.807, 2.05) is 19.1 Å². The second-order valence-corrected chi connectivity index (χ2v) is 7.04. The van der Waals surface area contributed by atoms with E-state index in [1.165, 1.54) is 24.1 Å². The van der Waals surface area contributed by atoms with Gasteiger partial charge in [0.15, 0.2) is 0 Å². The van der Waals surface area contributed by atoms with Crippen LogP contribution in [0.15, 0.2) is 30.3 Å². The second-order valence-electron chi connectivity index (χ2n) is 7.04. The fourth-order valence-corrected chi connectivity index (χ4v) is 3.40. The Morgan fingerprint density at radius 2 is 1.80 bits per heavy atom. The van der Waals surface area contributed by atoms with Crippen molar-refractivity contribution in [1.29, 1.82) is 5.26 Å². The number of aryl methyl sites for hydroxylation is 1. The fraction of sp³-hybridized carbons (Fsp3) is 0.450. The lowest BCUT2D eigenvalue weighted by Gasteiger charge is -2.35. The number of rotatable bonds is 4. The van der Waals surface area contributed by atoms with Gasteiger partial charge in [-0.3, -0.25) is 4.90 Å². The van der Waals surface area contributed by atoms with Gasteiger partial charge < -0.3 is 4.90 Å². The number of nitrogens with zero attached hydrogens (tertiary/aromatic N) is 5. The zero-order valence-electron chi connectivity index (χ0n) is 14.6. The highest BCUT2D eigenvalue weighted by Crippen LogP contribution is 2.39. The quantitative estimate of drug-likeness (QED) is 0.861. The van der Waals surface area contributed by atoms with E-state index < -0.39 is 0 Å². The second kappa shape index (κ2) is 6.81. The SMILES string of the molecule is Cc1nc(C2CC2)cc(N2CCN(Cc3ccc(C#N)cc3)CC2)n1. The Balaban J connectivity index is 1.37. The van der Waals surface area contributed by atoms with Crippen molar-refractivity contribution >= 4 is 5.82 Å². The Bertz CT molecular complexity index is 781. The van der Waals surface area contributed by atoms with Crippen molar-refractivity contribution in [1.82, 2.24) is 14.9 Å². The molecule has 0 bridgehead atoms. The Morgan fingerprint density at radius 1 is 1.08 bits per heavy atom. The average molecular weight is 333 g/mol. The highest BCUT2D eigenvalue weighted by Gasteiger charge is 2.27. The zero-order valence-corrected chi connectivity index (χ0v) is 14.6. The van der Waals surface area contributed by atoms with Crippen LogP contribution in [0.5, 0.6) is 0 Å². The molecule has 2 heterocycles. The van der Waals surface area contributed by atoms with E-state index in [0.29, 0.717) is 5.92 Å².